The van der Waals surface area contributed by atoms with Gasteiger partial charge in [0.05, 0.1) is 11.3 Å². The van der Waals surface area contributed by atoms with Crippen LogP contribution < -0.4 is 10.6 Å². The molecule has 3 rings (SSSR count). The number of para-hydroxylation sites is 1. The zero-order chi connectivity index (χ0) is 19.4. The van der Waals surface area contributed by atoms with Gasteiger partial charge in [-0.3, -0.25) is 14.5 Å². The second-order valence-electron chi connectivity index (χ2n) is 6.80. The third-order valence-corrected chi connectivity index (χ3v) is 5.10. The molecule has 0 saturated carbocycles. The molecule has 0 radical (unpaired) electrons. The predicted molar refractivity (Wildman–Crippen MR) is 107 cm³/mol. The molecule has 142 valence electrons. The third-order valence-electron chi connectivity index (χ3n) is 4.17. The number of imide groups is 1. The van der Waals surface area contributed by atoms with Crippen LogP contribution in [0.4, 0.5) is 4.79 Å². The number of nitrogens with one attached hydrogen (secondary N) is 2. The van der Waals surface area contributed by atoms with Crippen LogP contribution in [0.25, 0.3) is 16.6 Å². The van der Waals surface area contributed by atoms with Crippen molar-refractivity contribution in [2.45, 2.75) is 32.3 Å². The van der Waals surface area contributed by atoms with Crippen LogP contribution in [0.2, 0.25) is 0 Å². The Hall–Kier alpha value is -2.61. The van der Waals surface area contributed by atoms with Gasteiger partial charge in [0.1, 0.15) is 0 Å². The van der Waals surface area contributed by atoms with Gasteiger partial charge in [0.2, 0.25) is 5.91 Å². The van der Waals surface area contributed by atoms with Gasteiger partial charge in [-0.25, -0.2) is 4.79 Å². The zero-order valence-corrected chi connectivity index (χ0v) is 16.5. The molecule has 0 spiro atoms. The van der Waals surface area contributed by atoms with Gasteiger partial charge in [0.25, 0.3) is 0 Å². The third kappa shape index (κ3) is 4.57. The number of pyridine rings is 1. The van der Waals surface area contributed by atoms with Crippen molar-refractivity contribution in [2.75, 3.05) is 12.3 Å². The first kappa shape index (κ1) is 19.2. The van der Waals surface area contributed by atoms with Crippen molar-refractivity contribution in [3.63, 3.8) is 0 Å². The number of aromatic nitrogens is 3. The molecule has 0 aliphatic rings. The normalized spacial score (nSPS) is 11.3. The Morgan fingerprint density at radius 2 is 2.00 bits per heavy atom. The maximum absolute atomic E-state index is 12.0. The summed E-state index contributed by atoms with van der Waals surface area (Å²) in [5.74, 6) is 0.215. The number of fused-ring (bicyclic) bond motifs is 3. The average molecular weight is 385 g/mol. The highest BCUT2D eigenvalue weighted by molar-refractivity contribution is 7.99. The predicted octanol–water partition coefficient (Wildman–Crippen LogP) is 3.15. The minimum atomic E-state index is -0.464. The van der Waals surface area contributed by atoms with Crippen LogP contribution >= 0.6 is 11.8 Å². The molecule has 0 fully saturated rings. The maximum Gasteiger partial charge on any atom is 0.321 e. The van der Waals surface area contributed by atoms with Crippen molar-refractivity contribution in [1.29, 1.82) is 0 Å². The Kier molecular flexibility index (Phi) is 5.95. The molecular weight excluding hydrogens is 362 g/mol. The molecule has 2 aromatic heterocycles. The summed E-state index contributed by atoms with van der Waals surface area (Å²) >= 11 is 1.25. The number of thioether (sulfide) groups is 1. The summed E-state index contributed by atoms with van der Waals surface area (Å²) in [7, 11) is 0. The first-order valence-electron chi connectivity index (χ1n) is 8.89. The fourth-order valence-electron chi connectivity index (χ4n) is 2.78. The van der Waals surface area contributed by atoms with E-state index in [1.165, 1.54) is 11.8 Å². The molecule has 0 bridgehead atoms. The van der Waals surface area contributed by atoms with Gasteiger partial charge in [-0.1, -0.05) is 43.8 Å². The van der Waals surface area contributed by atoms with E-state index >= 15 is 0 Å². The van der Waals surface area contributed by atoms with E-state index in [1.807, 2.05) is 41.7 Å². The van der Waals surface area contributed by atoms with Crippen LogP contribution in [0.15, 0.2) is 35.5 Å². The topological polar surface area (TPSA) is 88.4 Å². The molecule has 3 amide bonds. The average Bonchev–Trinajstić information content (AvgIpc) is 3.03. The fourth-order valence-corrected chi connectivity index (χ4v) is 3.53. The SMILES string of the molecule is Cc1cc2nnc(SCC(=O)NC(=O)NCCC(C)C)n2c2ccccc12. The number of hydrogen-bond donors (Lipinski definition) is 2. The van der Waals surface area contributed by atoms with Crippen LogP contribution in [0.1, 0.15) is 25.8 Å². The van der Waals surface area contributed by atoms with E-state index in [2.05, 4.69) is 34.7 Å². The largest absolute Gasteiger partial charge is 0.338 e. The van der Waals surface area contributed by atoms with Gasteiger partial charge in [0, 0.05) is 11.9 Å². The van der Waals surface area contributed by atoms with Crippen molar-refractivity contribution in [3.05, 3.63) is 35.9 Å². The molecule has 0 aliphatic carbocycles. The lowest BCUT2D eigenvalue weighted by Crippen LogP contribution is -2.40. The molecule has 27 heavy (non-hydrogen) atoms. The number of aryl methyl sites for hydroxylation is 1. The van der Waals surface area contributed by atoms with E-state index in [1.54, 1.807) is 0 Å². The Morgan fingerprint density at radius 1 is 1.22 bits per heavy atom. The lowest BCUT2D eigenvalue weighted by Gasteiger charge is -2.08. The lowest BCUT2D eigenvalue weighted by atomic mass is 10.1. The molecule has 8 heteroatoms. The second kappa shape index (κ2) is 8.39. The van der Waals surface area contributed by atoms with Crippen molar-refractivity contribution in [1.82, 2.24) is 25.2 Å². The van der Waals surface area contributed by atoms with E-state index in [9.17, 15) is 9.59 Å². The molecule has 0 unspecified atom stereocenters. The van der Waals surface area contributed by atoms with Crippen molar-refractivity contribution >= 4 is 40.3 Å². The molecule has 2 heterocycles. The van der Waals surface area contributed by atoms with E-state index in [-0.39, 0.29) is 11.7 Å². The van der Waals surface area contributed by atoms with Crippen LogP contribution in [-0.2, 0) is 4.79 Å². The van der Waals surface area contributed by atoms with Crippen molar-refractivity contribution in [3.8, 4) is 0 Å². The summed E-state index contributed by atoms with van der Waals surface area (Å²) in [6.45, 7) is 6.74. The van der Waals surface area contributed by atoms with Gasteiger partial charge in [0.15, 0.2) is 10.8 Å². The van der Waals surface area contributed by atoms with E-state index < -0.39 is 6.03 Å². The van der Waals surface area contributed by atoms with Crippen LogP contribution in [0, 0.1) is 12.8 Å². The number of carbonyl (C=O) groups is 2. The molecule has 1 aromatic carbocycles. The summed E-state index contributed by atoms with van der Waals surface area (Å²) in [5, 5.41) is 15.2. The maximum atomic E-state index is 12.0. The molecule has 0 saturated heterocycles. The lowest BCUT2D eigenvalue weighted by molar-refractivity contribution is -0.117. The summed E-state index contributed by atoms with van der Waals surface area (Å²) < 4.78 is 1.93. The van der Waals surface area contributed by atoms with Gasteiger partial charge < -0.3 is 5.32 Å². The van der Waals surface area contributed by atoms with Gasteiger partial charge in [-0.15, -0.1) is 10.2 Å². The number of amides is 3. The monoisotopic (exact) mass is 385 g/mol. The molecule has 3 aromatic rings. The number of rotatable bonds is 6. The quantitative estimate of drug-likeness (QED) is 0.637. The van der Waals surface area contributed by atoms with E-state index in [4.69, 9.17) is 0 Å². The number of nitrogens with zero attached hydrogens (tertiary/aromatic N) is 3. The minimum absolute atomic E-state index is 0.0839. The van der Waals surface area contributed by atoms with Crippen LogP contribution in [-0.4, -0.2) is 38.8 Å². The van der Waals surface area contributed by atoms with Crippen LogP contribution in [0.5, 0.6) is 0 Å². The van der Waals surface area contributed by atoms with Crippen molar-refractivity contribution in [2.24, 2.45) is 5.92 Å². The smallest absolute Gasteiger partial charge is 0.321 e. The Bertz CT molecular complexity index is 983. The van der Waals surface area contributed by atoms with Gasteiger partial charge in [-0.05, 0) is 37.0 Å². The number of hydrogen-bond acceptors (Lipinski definition) is 5. The van der Waals surface area contributed by atoms with E-state index in [0.29, 0.717) is 17.6 Å². The van der Waals surface area contributed by atoms with Crippen molar-refractivity contribution < 1.29 is 9.59 Å². The molecule has 0 aliphatic heterocycles. The summed E-state index contributed by atoms with van der Waals surface area (Å²) in [6, 6.07) is 9.51. The van der Waals surface area contributed by atoms with Crippen LogP contribution in [0.3, 0.4) is 0 Å². The molecule has 2 N–H and O–H groups in total. The number of urea groups is 1. The summed E-state index contributed by atoms with van der Waals surface area (Å²) in [5.41, 5.74) is 2.85. The minimum Gasteiger partial charge on any atom is -0.338 e. The fraction of sp³-hybridized carbons (Fsp3) is 0.368. The molecule has 0 atom stereocenters. The highest BCUT2D eigenvalue weighted by Crippen LogP contribution is 2.25. The summed E-state index contributed by atoms with van der Waals surface area (Å²) in [6.07, 6.45) is 0.870. The zero-order valence-electron chi connectivity index (χ0n) is 15.7. The highest BCUT2D eigenvalue weighted by Gasteiger charge is 2.14. The number of benzene rings is 1. The first-order chi connectivity index (χ1) is 13.0. The highest BCUT2D eigenvalue weighted by atomic mass is 32.2. The Labute approximate surface area is 161 Å². The van der Waals surface area contributed by atoms with Gasteiger partial charge in [-0.2, -0.15) is 0 Å². The standard InChI is InChI=1S/C19H23N5O2S/c1-12(2)8-9-20-18(26)21-17(25)11-27-19-23-22-16-10-13(3)14-6-4-5-7-15(14)24(16)19/h4-7,10,12H,8-9,11H2,1-3H3,(H2,20,21,25,26). The molecular formula is C19H23N5O2S. The van der Waals surface area contributed by atoms with Gasteiger partial charge >= 0.3 is 6.03 Å². The molecule has 7 nitrogen and oxygen atoms in total. The Balaban J connectivity index is 1.66. The Morgan fingerprint density at radius 3 is 2.78 bits per heavy atom. The summed E-state index contributed by atoms with van der Waals surface area (Å²) in [4.78, 5) is 23.8. The first-order valence-corrected chi connectivity index (χ1v) is 9.88. The van der Waals surface area contributed by atoms with E-state index in [0.717, 1.165) is 28.5 Å². The number of carbonyl (C=O) groups excluding carboxylic acids is 2. The second-order valence-corrected chi connectivity index (χ2v) is 7.74.